The van der Waals surface area contributed by atoms with Crippen LogP contribution in [0.15, 0.2) is 72.8 Å². The van der Waals surface area contributed by atoms with Crippen LogP contribution in [0, 0.1) is 13.8 Å². The lowest BCUT2D eigenvalue weighted by molar-refractivity contribution is -0.140. The van der Waals surface area contributed by atoms with Crippen molar-refractivity contribution in [3.8, 4) is 0 Å². The Morgan fingerprint density at radius 1 is 1.03 bits per heavy atom. The van der Waals surface area contributed by atoms with Crippen LogP contribution in [0.5, 0.6) is 0 Å². The molecule has 1 unspecified atom stereocenters. The summed E-state index contributed by atoms with van der Waals surface area (Å²) in [6, 6.07) is 12.1. The number of hydrogen-bond acceptors (Lipinski definition) is 5. The van der Waals surface area contributed by atoms with E-state index in [4.69, 9.17) is 0 Å². The third-order valence-corrected chi connectivity index (χ3v) is 5.29. The molecule has 1 aliphatic heterocycles. The van der Waals surface area contributed by atoms with E-state index in [0.29, 0.717) is 11.1 Å². The maximum Gasteiger partial charge on any atom is 0.295 e. The first-order chi connectivity index (χ1) is 14.5. The minimum atomic E-state index is -0.730. The number of Topliss-reactive ketones (excluding diaryl/α,β-unsaturated/α-hetero) is 1. The Balaban J connectivity index is 1.89. The Morgan fingerprint density at radius 2 is 1.80 bits per heavy atom. The van der Waals surface area contributed by atoms with Crippen molar-refractivity contribution in [2.45, 2.75) is 26.4 Å². The molecule has 1 atom stereocenters. The SMILES string of the molecule is Cc1ccc(C)c(/C(O)=C2\C(=O)C(=O)N(Cc3ccncc3)C2c2cccnc2)c1. The fourth-order valence-corrected chi connectivity index (χ4v) is 3.75. The van der Waals surface area contributed by atoms with Crippen molar-refractivity contribution in [1.29, 1.82) is 0 Å². The number of hydrogen-bond donors (Lipinski definition) is 1. The van der Waals surface area contributed by atoms with Crippen LogP contribution in [0.25, 0.3) is 5.76 Å². The minimum Gasteiger partial charge on any atom is -0.507 e. The molecule has 1 aliphatic rings. The molecule has 0 saturated carbocycles. The first kappa shape index (κ1) is 19.5. The largest absolute Gasteiger partial charge is 0.507 e. The molecular weight excluding hydrogens is 378 g/mol. The van der Waals surface area contributed by atoms with E-state index in [1.165, 1.54) is 4.90 Å². The highest BCUT2D eigenvalue weighted by molar-refractivity contribution is 6.46. The van der Waals surface area contributed by atoms with Crippen molar-refractivity contribution in [3.63, 3.8) is 0 Å². The molecule has 0 radical (unpaired) electrons. The molecule has 1 N–H and O–H groups in total. The standard InChI is InChI=1S/C24H21N3O3/c1-15-5-6-16(2)19(12-15)22(28)20-21(18-4-3-9-26-13-18)27(24(30)23(20)29)14-17-7-10-25-11-8-17/h3-13,21,28H,14H2,1-2H3/b22-20+. The Morgan fingerprint density at radius 3 is 2.50 bits per heavy atom. The van der Waals surface area contributed by atoms with Gasteiger partial charge in [0.1, 0.15) is 5.76 Å². The highest BCUT2D eigenvalue weighted by Crippen LogP contribution is 2.40. The number of nitrogens with zero attached hydrogens (tertiary/aromatic N) is 3. The van der Waals surface area contributed by atoms with Gasteiger partial charge in [-0.3, -0.25) is 19.6 Å². The first-order valence-electron chi connectivity index (χ1n) is 9.62. The maximum absolute atomic E-state index is 13.1. The quantitative estimate of drug-likeness (QED) is 0.411. The number of carbonyl (C=O) groups is 2. The molecule has 4 rings (SSSR count). The molecule has 6 nitrogen and oxygen atoms in total. The Kier molecular flexibility index (Phi) is 5.14. The van der Waals surface area contributed by atoms with Gasteiger partial charge in [-0.1, -0.05) is 23.8 Å². The molecule has 2 aromatic heterocycles. The first-order valence-corrected chi connectivity index (χ1v) is 9.62. The van der Waals surface area contributed by atoms with Gasteiger partial charge in [0.15, 0.2) is 0 Å². The van der Waals surface area contributed by atoms with E-state index in [1.807, 2.05) is 32.0 Å². The number of aliphatic hydroxyl groups is 1. The van der Waals surface area contributed by atoms with Gasteiger partial charge in [0, 0.05) is 36.9 Å². The summed E-state index contributed by atoms with van der Waals surface area (Å²) in [6.45, 7) is 3.99. The second-order valence-corrected chi connectivity index (χ2v) is 7.39. The van der Waals surface area contributed by atoms with E-state index in [9.17, 15) is 14.7 Å². The zero-order valence-electron chi connectivity index (χ0n) is 16.7. The van der Waals surface area contributed by atoms with Crippen LogP contribution in [0.3, 0.4) is 0 Å². The van der Waals surface area contributed by atoms with Crippen molar-refractivity contribution >= 4 is 17.4 Å². The van der Waals surface area contributed by atoms with Gasteiger partial charge in [-0.2, -0.15) is 0 Å². The zero-order chi connectivity index (χ0) is 21.3. The number of carbonyl (C=O) groups excluding carboxylic acids is 2. The Labute approximate surface area is 174 Å². The number of aliphatic hydroxyl groups excluding tert-OH is 1. The maximum atomic E-state index is 13.1. The second kappa shape index (κ2) is 7.91. The van der Waals surface area contributed by atoms with Crippen LogP contribution >= 0.6 is 0 Å². The summed E-state index contributed by atoms with van der Waals surface area (Å²) in [7, 11) is 0. The van der Waals surface area contributed by atoms with Crippen LogP contribution in [-0.2, 0) is 16.1 Å². The number of ketones is 1. The highest BCUT2D eigenvalue weighted by Gasteiger charge is 2.46. The van der Waals surface area contributed by atoms with Crippen molar-refractivity contribution in [3.05, 3.63) is 101 Å². The van der Waals surface area contributed by atoms with Gasteiger partial charge < -0.3 is 10.0 Å². The minimum absolute atomic E-state index is 0.0794. The molecule has 1 saturated heterocycles. The summed E-state index contributed by atoms with van der Waals surface area (Å²) in [5, 5.41) is 11.2. The number of amides is 1. The summed E-state index contributed by atoms with van der Waals surface area (Å²) in [6.07, 6.45) is 6.53. The van der Waals surface area contributed by atoms with Crippen LogP contribution < -0.4 is 0 Å². The van der Waals surface area contributed by atoms with Gasteiger partial charge in [0.25, 0.3) is 11.7 Å². The Hall–Kier alpha value is -3.80. The normalized spacial score (nSPS) is 18.1. The summed E-state index contributed by atoms with van der Waals surface area (Å²) >= 11 is 0. The van der Waals surface area contributed by atoms with Gasteiger partial charge in [-0.25, -0.2) is 0 Å². The monoisotopic (exact) mass is 399 g/mol. The van der Waals surface area contributed by atoms with Crippen molar-refractivity contribution < 1.29 is 14.7 Å². The third kappa shape index (κ3) is 3.48. The number of benzene rings is 1. The molecule has 1 aromatic carbocycles. The lowest BCUT2D eigenvalue weighted by Crippen LogP contribution is -2.29. The third-order valence-electron chi connectivity index (χ3n) is 5.29. The number of aromatic nitrogens is 2. The molecule has 3 aromatic rings. The fraction of sp³-hybridized carbons (Fsp3) is 0.167. The van der Waals surface area contributed by atoms with Gasteiger partial charge in [0.05, 0.1) is 11.6 Å². The molecule has 0 spiro atoms. The smallest absolute Gasteiger partial charge is 0.295 e. The summed E-state index contributed by atoms with van der Waals surface area (Å²) in [5.74, 6) is -1.51. The van der Waals surface area contributed by atoms with E-state index in [0.717, 1.165) is 16.7 Å². The lowest BCUT2D eigenvalue weighted by Gasteiger charge is -2.25. The number of aryl methyl sites for hydroxylation is 2. The van der Waals surface area contributed by atoms with Crippen molar-refractivity contribution in [1.82, 2.24) is 14.9 Å². The van der Waals surface area contributed by atoms with Gasteiger partial charge in [0.2, 0.25) is 0 Å². The summed E-state index contributed by atoms with van der Waals surface area (Å²) < 4.78 is 0. The van der Waals surface area contributed by atoms with Crippen LogP contribution in [0.1, 0.15) is 33.9 Å². The highest BCUT2D eigenvalue weighted by atomic mass is 16.3. The molecular formula is C24H21N3O3. The van der Waals surface area contributed by atoms with E-state index < -0.39 is 17.7 Å². The lowest BCUT2D eigenvalue weighted by atomic mass is 9.94. The fourth-order valence-electron chi connectivity index (χ4n) is 3.75. The van der Waals surface area contributed by atoms with Crippen LogP contribution in [0.4, 0.5) is 0 Å². The second-order valence-electron chi connectivity index (χ2n) is 7.39. The summed E-state index contributed by atoms with van der Waals surface area (Å²) in [4.78, 5) is 35.7. The number of rotatable bonds is 4. The van der Waals surface area contributed by atoms with Crippen LogP contribution in [-0.4, -0.2) is 31.7 Å². The molecule has 1 fully saturated rings. The summed E-state index contributed by atoms with van der Waals surface area (Å²) in [5.41, 5.74) is 3.90. The number of pyridine rings is 2. The van der Waals surface area contributed by atoms with E-state index >= 15 is 0 Å². The van der Waals surface area contributed by atoms with Gasteiger partial charge in [-0.15, -0.1) is 0 Å². The van der Waals surface area contributed by atoms with E-state index in [1.54, 1.807) is 49.1 Å². The molecule has 1 amide bonds. The topological polar surface area (TPSA) is 83.4 Å². The average Bonchev–Trinajstić information content (AvgIpc) is 3.01. The number of likely N-dealkylation sites (tertiary alicyclic amines) is 1. The molecule has 3 heterocycles. The van der Waals surface area contributed by atoms with Gasteiger partial charge >= 0.3 is 0 Å². The molecule has 6 heteroatoms. The zero-order valence-corrected chi connectivity index (χ0v) is 16.7. The van der Waals surface area contributed by atoms with E-state index in [2.05, 4.69) is 9.97 Å². The average molecular weight is 399 g/mol. The predicted molar refractivity (Wildman–Crippen MR) is 112 cm³/mol. The van der Waals surface area contributed by atoms with Crippen molar-refractivity contribution in [2.75, 3.05) is 0 Å². The molecule has 150 valence electrons. The van der Waals surface area contributed by atoms with Crippen molar-refractivity contribution in [2.24, 2.45) is 0 Å². The molecule has 0 aliphatic carbocycles. The Bertz CT molecular complexity index is 1140. The molecule has 30 heavy (non-hydrogen) atoms. The van der Waals surface area contributed by atoms with Crippen LogP contribution in [0.2, 0.25) is 0 Å². The van der Waals surface area contributed by atoms with E-state index in [-0.39, 0.29) is 17.9 Å². The van der Waals surface area contributed by atoms with Gasteiger partial charge in [-0.05, 0) is 54.8 Å². The molecule has 0 bridgehead atoms. The predicted octanol–water partition coefficient (Wildman–Crippen LogP) is 3.72.